The lowest BCUT2D eigenvalue weighted by molar-refractivity contribution is 0.0977. The smallest absolute Gasteiger partial charge is 0.257 e. The van der Waals surface area contributed by atoms with E-state index in [4.69, 9.17) is 12.2 Å². The van der Waals surface area contributed by atoms with Crippen molar-refractivity contribution in [2.45, 2.75) is 13.8 Å². The van der Waals surface area contributed by atoms with Crippen LogP contribution in [-0.2, 0) is 0 Å². The predicted octanol–water partition coefficient (Wildman–Crippen LogP) is 3.14. The normalized spacial score (nSPS) is 10.0. The summed E-state index contributed by atoms with van der Waals surface area (Å²) >= 11 is 5.10. The van der Waals surface area contributed by atoms with E-state index < -0.39 is 0 Å². The van der Waals surface area contributed by atoms with Gasteiger partial charge in [-0.3, -0.25) is 10.1 Å². The minimum absolute atomic E-state index is 0.0769. The van der Waals surface area contributed by atoms with Crippen molar-refractivity contribution in [1.29, 1.82) is 0 Å². The number of aromatic hydroxyl groups is 1. The average molecular weight is 300 g/mol. The molecule has 2 aromatic carbocycles. The molecule has 2 aromatic rings. The van der Waals surface area contributed by atoms with Gasteiger partial charge in [0, 0.05) is 5.56 Å². The number of anilines is 1. The summed E-state index contributed by atoms with van der Waals surface area (Å²) in [5.74, 6) is -0.203. The first kappa shape index (κ1) is 15.0. The van der Waals surface area contributed by atoms with Crippen LogP contribution in [0.5, 0.6) is 5.75 Å². The number of nitrogens with one attached hydrogen (secondary N) is 2. The third-order valence-corrected chi connectivity index (χ3v) is 3.22. The third kappa shape index (κ3) is 3.79. The van der Waals surface area contributed by atoms with E-state index in [2.05, 4.69) is 10.6 Å². The number of carbonyl (C=O) groups is 1. The van der Waals surface area contributed by atoms with Crippen LogP contribution in [-0.4, -0.2) is 16.1 Å². The quantitative estimate of drug-likeness (QED) is 0.589. The molecule has 0 saturated heterocycles. The van der Waals surface area contributed by atoms with E-state index in [0.717, 1.165) is 11.1 Å². The number of hydrogen-bond acceptors (Lipinski definition) is 3. The molecule has 0 bridgehead atoms. The van der Waals surface area contributed by atoms with E-state index in [1.54, 1.807) is 30.3 Å². The zero-order valence-electron chi connectivity index (χ0n) is 11.8. The van der Waals surface area contributed by atoms with Crippen molar-refractivity contribution in [3.8, 4) is 5.75 Å². The molecule has 0 spiro atoms. The molecule has 0 radical (unpaired) electrons. The zero-order chi connectivity index (χ0) is 15.4. The van der Waals surface area contributed by atoms with Crippen molar-refractivity contribution >= 4 is 28.9 Å². The van der Waals surface area contributed by atoms with E-state index in [9.17, 15) is 9.90 Å². The highest BCUT2D eigenvalue weighted by Crippen LogP contribution is 2.23. The summed E-state index contributed by atoms with van der Waals surface area (Å²) in [6, 6.07) is 12.4. The fourth-order valence-electron chi connectivity index (χ4n) is 1.90. The molecule has 0 fully saturated rings. The maximum absolute atomic E-state index is 12.1. The molecule has 0 aliphatic carbocycles. The second-order valence-electron chi connectivity index (χ2n) is 4.74. The van der Waals surface area contributed by atoms with Gasteiger partial charge in [-0.1, -0.05) is 24.3 Å². The lowest BCUT2D eigenvalue weighted by Crippen LogP contribution is -2.34. The van der Waals surface area contributed by atoms with Gasteiger partial charge in [0.2, 0.25) is 0 Å². The Kier molecular flexibility index (Phi) is 4.55. The Morgan fingerprint density at radius 3 is 2.57 bits per heavy atom. The highest BCUT2D eigenvalue weighted by Gasteiger charge is 2.11. The molecule has 108 valence electrons. The van der Waals surface area contributed by atoms with Crippen LogP contribution in [0.3, 0.4) is 0 Å². The second kappa shape index (κ2) is 6.37. The van der Waals surface area contributed by atoms with Gasteiger partial charge in [-0.15, -0.1) is 0 Å². The lowest BCUT2D eigenvalue weighted by Gasteiger charge is -2.12. The first-order chi connectivity index (χ1) is 9.97. The Balaban J connectivity index is 2.07. The summed E-state index contributed by atoms with van der Waals surface area (Å²) in [5, 5.41) is 15.3. The number of amides is 1. The maximum Gasteiger partial charge on any atom is 0.257 e. The minimum atomic E-state index is -0.280. The molecule has 0 unspecified atom stereocenters. The number of carbonyl (C=O) groups excluding carboxylic acids is 1. The zero-order valence-corrected chi connectivity index (χ0v) is 12.6. The SMILES string of the molecule is Cc1ccc(O)c(NC(=S)NC(=O)c2ccccc2C)c1. The second-order valence-corrected chi connectivity index (χ2v) is 5.15. The molecule has 2 rings (SSSR count). The molecule has 5 heteroatoms. The lowest BCUT2D eigenvalue weighted by atomic mass is 10.1. The van der Waals surface area contributed by atoms with Crippen LogP contribution < -0.4 is 10.6 Å². The monoisotopic (exact) mass is 300 g/mol. The fraction of sp³-hybridized carbons (Fsp3) is 0.125. The van der Waals surface area contributed by atoms with Gasteiger partial charge in [0.1, 0.15) is 5.75 Å². The molecule has 0 atom stereocenters. The van der Waals surface area contributed by atoms with Crippen molar-refractivity contribution in [1.82, 2.24) is 5.32 Å². The van der Waals surface area contributed by atoms with Crippen LogP contribution in [0.25, 0.3) is 0 Å². The van der Waals surface area contributed by atoms with Gasteiger partial charge in [0.25, 0.3) is 5.91 Å². The number of phenolic OH excluding ortho intramolecular Hbond substituents is 1. The Bertz CT molecular complexity index is 698. The summed E-state index contributed by atoms with van der Waals surface area (Å²) in [6.07, 6.45) is 0. The van der Waals surface area contributed by atoms with Crippen LogP contribution in [0, 0.1) is 13.8 Å². The highest BCUT2D eigenvalue weighted by molar-refractivity contribution is 7.80. The minimum Gasteiger partial charge on any atom is -0.506 e. The van der Waals surface area contributed by atoms with Crippen molar-refractivity contribution in [2.75, 3.05) is 5.32 Å². The molecule has 4 nitrogen and oxygen atoms in total. The van der Waals surface area contributed by atoms with Crippen molar-refractivity contribution < 1.29 is 9.90 Å². The molecule has 3 N–H and O–H groups in total. The first-order valence-corrected chi connectivity index (χ1v) is 6.86. The molecular weight excluding hydrogens is 284 g/mol. The Morgan fingerprint density at radius 2 is 1.86 bits per heavy atom. The van der Waals surface area contributed by atoms with E-state index >= 15 is 0 Å². The highest BCUT2D eigenvalue weighted by atomic mass is 32.1. The molecule has 0 aliphatic rings. The molecule has 0 aliphatic heterocycles. The van der Waals surface area contributed by atoms with Gasteiger partial charge in [0.05, 0.1) is 5.69 Å². The molecule has 1 amide bonds. The van der Waals surface area contributed by atoms with E-state index in [1.807, 2.05) is 26.0 Å². The van der Waals surface area contributed by atoms with Gasteiger partial charge in [-0.05, 0) is 55.4 Å². The largest absolute Gasteiger partial charge is 0.506 e. The van der Waals surface area contributed by atoms with Gasteiger partial charge in [0.15, 0.2) is 5.11 Å². The van der Waals surface area contributed by atoms with Crippen molar-refractivity contribution in [3.63, 3.8) is 0 Å². The molecule has 0 saturated carbocycles. The molecule has 0 heterocycles. The number of thiocarbonyl (C=S) groups is 1. The number of aryl methyl sites for hydroxylation is 2. The summed E-state index contributed by atoms with van der Waals surface area (Å²) in [6.45, 7) is 3.76. The summed E-state index contributed by atoms with van der Waals surface area (Å²) in [5.41, 5.74) is 2.87. The fourth-order valence-corrected chi connectivity index (χ4v) is 2.10. The standard InChI is InChI=1S/C16H16N2O2S/c1-10-7-8-14(19)13(9-10)17-16(21)18-15(20)12-6-4-3-5-11(12)2/h3-9,19H,1-2H3,(H2,17,18,20,21). The first-order valence-electron chi connectivity index (χ1n) is 6.45. The van der Waals surface area contributed by atoms with E-state index in [-0.39, 0.29) is 16.8 Å². The van der Waals surface area contributed by atoms with E-state index in [1.165, 1.54) is 0 Å². The summed E-state index contributed by atoms with van der Waals surface area (Å²) in [7, 11) is 0. The average Bonchev–Trinajstić information content (AvgIpc) is 2.43. The van der Waals surface area contributed by atoms with Crippen LogP contribution in [0.15, 0.2) is 42.5 Å². The topological polar surface area (TPSA) is 61.4 Å². The Labute approximate surface area is 128 Å². The summed E-state index contributed by atoms with van der Waals surface area (Å²) in [4.78, 5) is 12.1. The summed E-state index contributed by atoms with van der Waals surface area (Å²) < 4.78 is 0. The van der Waals surface area contributed by atoms with Crippen molar-refractivity contribution in [3.05, 3.63) is 59.2 Å². The van der Waals surface area contributed by atoms with Gasteiger partial charge < -0.3 is 10.4 Å². The van der Waals surface area contributed by atoms with E-state index in [0.29, 0.717) is 11.3 Å². The van der Waals surface area contributed by atoms with Crippen LogP contribution in [0.4, 0.5) is 5.69 Å². The van der Waals surface area contributed by atoms with Gasteiger partial charge in [-0.25, -0.2) is 0 Å². The number of rotatable bonds is 2. The van der Waals surface area contributed by atoms with Crippen LogP contribution in [0.1, 0.15) is 21.5 Å². The van der Waals surface area contributed by atoms with Crippen LogP contribution in [0.2, 0.25) is 0 Å². The molecule has 0 aromatic heterocycles. The van der Waals surface area contributed by atoms with Gasteiger partial charge >= 0.3 is 0 Å². The van der Waals surface area contributed by atoms with Crippen LogP contribution >= 0.6 is 12.2 Å². The third-order valence-electron chi connectivity index (χ3n) is 3.02. The number of benzene rings is 2. The molecule has 21 heavy (non-hydrogen) atoms. The number of phenols is 1. The van der Waals surface area contributed by atoms with Crippen molar-refractivity contribution in [2.24, 2.45) is 0 Å². The molecular formula is C16H16N2O2S. The Morgan fingerprint density at radius 1 is 1.14 bits per heavy atom. The Hall–Kier alpha value is -2.40. The van der Waals surface area contributed by atoms with Gasteiger partial charge in [-0.2, -0.15) is 0 Å². The maximum atomic E-state index is 12.1. The predicted molar refractivity (Wildman–Crippen MR) is 87.7 cm³/mol. The number of hydrogen-bond donors (Lipinski definition) is 3.